The normalized spacial score (nSPS) is 24.1. The number of amides is 1. The molecule has 0 bridgehead atoms. The number of aromatic hydroxyl groups is 1. The maximum atomic E-state index is 12.4. The molecule has 4 heteroatoms. The average Bonchev–Trinajstić information content (AvgIpc) is 2.35. The quantitative estimate of drug-likeness (QED) is 0.827. The number of aryl methyl sites for hydroxylation is 1. The summed E-state index contributed by atoms with van der Waals surface area (Å²) < 4.78 is 5.51. The van der Waals surface area contributed by atoms with E-state index in [1.54, 1.807) is 17.0 Å². The largest absolute Gasteiger partial charge is 0.508 e. The van der Waals surface area contributed by atoms with Crippen LogP contribution < -0.4 is 0 Å². The maximum absolute atomic E-state index is 12.4. The van der Waals surface area contributed by atoms with Gasteiger partial charge >= 0.3 is 0 Å². The molecule has 1 heterocycles. The van der Waals surface area contributed by atoms with E-state index in [4.69, 9.17) is 4.74 Å². The first kappa shape index (κ1) is 12.9. The molecule has 1 amide bonds. The zero-order chi connectivity index (χ0) is 13.3. The SMILES string of the molecule is Cc1ccc(C(=O)N2CC(C)OCC2C)cc1O. The Morgan fingerprint density at radius 3 is 2.83 bits per heavy atom. The second kappa shape index (κ2) is 4.98. The standard InChI is InChI=1S/C14H19NO3/c1-9-4-5-12(6-13(9)16)14(17)15-7-11(3)18-8-10(15)2/h4-6,10-11,16H,7-8H2,1-3H3. The number of carbonyl (C=O) groups excluding carboxylic acids is 1. The second-order valence-electron chi connectivity index (χ2n) is 4.95. The molecule has 2 unspecified atom stereocenters. The van der Waals surface area contributed by atoms with E-state index >= 15 is 0 Å². The van der Waals surface area contributed by atoms with Crippen molar-refractivity contribution in [3.63, 3.8) is 0 Å². The van der Waals surface area contributed by atoms with Gasteiger partial charge in [-0.3, -0.25) is 4.79 Å². The van der Waals surface area contributed by atoms with E-state index in [0.29, 0.717) is 18.7 Å². The predicted octanol–water partition coefficient (Wildman–Crippen LogP) is 1.95. The summed E-state index contributed by atoms with van der Waals surface area (Å²) >= 11 is 0. The fraction of sp³-hybridized carbons (Fsp3) is 0.500. The lowest BCUT2D eigenvalue weighted by Crippen LogP contribution is -2.50. The van der Waals surface area contributed by atoms with Crippen LogP contribution in [0.3, 0.4) is 0 Å². The lowest BCUT2D eigenvalue weighted by molar-refractivity contribution is -0.0387. The molecule has 0 aliphatic carbocycles. The molecule has 1 aromatic rings. The molecule has 0 spiro atoms. The summed E-state index contributed by atoms with van der Waals surface area (Å²) in [5, 5.41) is 9.67. The van der Waals surface area contributed by atoms with Gasteiger partial charge in [0.15, 0.2) is 0 Å². The second-order valence-corrected chi connectivity index (χ2v) is 4.95. The molecule has 0 saturated carbocycles. The van der Waals surface area contributed by atoms with Gasteiger partial charge in [-0.15, -0.1) is 0 Å². The van der Waals surface area contributed by atoms with E-state index in [2.05, 4.69) is 0 Å². The first-order valence-corrected chi connectivity index (χ1v) is 6.21. The number of morpholine rings is 1. The van der Waals surface area contributed by atoms with Crippen LogP contribution in [-0.2, 0) is 4.74 Å². The fourth-order valence-corrected chi connectivity index (χ4v) is 2.09. The topological polar surface area (TPSA) is 49.8 Å². The zero-order valence-electron chi connectivity index (χ0n) is 11.0. The van der Waals surface area contributed by atoms with Gasteiger partial charge in [0.2, 0.25) is 0 Å². The molecule has 1 fully saturated rings. The fourth-order valence-electron chi connectivity index (χ4n) is 2.09. The summed E-state index contributed by atoms with van der Waals surface area (Å²) in [6.45, 7) is 6.89. The number of ether oxygens (including phenoxy) is 1. The van der Waals surface area contributed by atoms with Crippen molar-refractivity contribution in [3.8, 4) is 5.75 Å². The minimum Gasteiger partial charge on any atom is -0.508 e. The van der Waals surface area contributed by atoms with Gasteiger partial charge < -0.3 is 14.7 Å². The Labute approximate surface area is 107 Å². The molecule has 1 aliphatic heterocycles. The van der Waals surface area contributed by atoms with Crippen LogP contribution in [0.15, 0.2) is 18.2 Å². The number of hydrogen-bond donors (Lipinski definition) is 1. The monoisotopic (exact) mass is 249 g/mol. The van der Waals surface area contributed by atoms with Gasteiger partial charge in [0.05, 0.1) is 18.8 Å². The Morgan fingerprint density at radius 1 is 1.44 bits per heavy atom. The van der Waals surface area contributed by atoms with Crippen molar-refractivity contribution in [2.24, 2.45) is 0 Å². The van der Waals surface area contributed by atoms with E-state index < -0.39 is 0 Å². The number of rotatable bonds is 1. The van der Waals surface area contributed by atoms with Crippen molar-refractivity contribution in [3.05, 3.63) is 29.3 Å². The van der Waals surface area contributed by atoms with E-state index in [0.717, 1.165) is 5.56 Å². The Hall–Kier alpha value is -1.55. The molecule has 98 valence electrons. The van der Waals surface area contributed by atoms with Crippen LogP contribution in [0.5, 0.6) is 5.75 Å². The third-order valence-electron chi connectivity index (χ3n) is 3.32. The minimum absolute atomic E-state index is 0.0482. The first-order chi connectivity index (χ1) is 8.49. The summed E-state index contributed by atoms with van der Waals surface area (Å²) in [6.07, 6.45) is 0.0594. The summed E-state index contributed by atoms with van der Waals surface area (Å²) in [5.74, 6) is 0.114. The van der Waals surface area contributed by atoms with Gasteiger partial charge in [0, 0.05) is 12.1 Å². The number of carbonyl (C=O) groups is 1. The summed E-state index contributed by atoms with van der Waals surface area (Å²) in [6, 6.07) is 5.11. The lowest BCUT2D eigenvalue weighted by Gasteiger charge is -2.36. The smallest absolute Gasteiger partial charge is 0.254 e. The molecule has 1 saturated heterocycles. The zero-order valence-corrected chi connectivity index (χ0v) is 11.0. The molecule has 2 atom stereocenters. The van der Waals surface area contributed by atoms with Gasteiger partial charge in [0.25, 0.3) is 5.91 Å². The van der Waals surface area contributed by atoms with Crippen LogP contribution in [-0.4, -0.2) is 41.2 Å². The lowest BCUT2D eigenvalue weighted by atomic mass is 10.1. The maximum Gasteiger partial charge on any atom is 0.254 e. The van der Waals surface area contributed by atoms with Gasteiger partial charge in [-0.25, -0.2) is 0 Å². The number of phenols is 1. The molecular formula is C14H19NO3. The summed E-state index contributed by atoms with van der Waals surface area (Å²) in [7, 11) is 0. The Balaban J connectivity index is 2.21. The minimum atomic E-state index is -0.0482. The van der Waals surface area contributed by atoms with Gasteiger partial charge in [-0.1, -0.05) is 6.07 Å². The van der Waals surface area contributed by atoms with Crippen molar-refractivity contribution < 1.29 is 14.6 Å². The van der Waals surface area contributed by atoms with Crippen LogP contribution in [0.25, 0.3) is 0 Å². The molecule has 1 N–H and O–H groups in total. The molecule has 0 aromatic heterocycles. The highest BCUT2D eigenvalue weighted by Crippen LogP contribution is 2.21. The molecule has 4 nitrogen and oxygen atoms in total. The molecule has 1 aromatic carbocycles. The van der Waals surface area contributed by atoms with Gasteiger partial charge in [0.1, 0.15) is 5.75 Å². The Bertz CT molecular complexity index is 458. The number of hydrogen-bond acceptors (Lipinski definition) is 3. The Morgan fingerprint density at radius 2 is 2.17 bits per heavy atom. The molecule has 18 heavy (non-hydrogen) atoms. The van der Waals surface area contributed by atoms with E-state index in [1.807, 2.05) is 20.8 Å². The molecule has 1 aliphatic rings. The predicted molar refractivity (Wildman–Crippen MR) is 68.8 cm³/mol. The van der Waals surface area contributed by atoms with E-state index in [-0.39, 0.29) is 23.8 Å². The van der Waals surface area contributed by atoms with Crippen molar-refractivity contribution in [1.29, 1.82) is 0 Å². The van der Waals surface area contributed by atoms with Crippen LogP contribution in [0, 0.1) is 6.92 Å². The summed E-state index contributed by atoms with van der Waals surface area (Å²) in [4.78, 5) is 14.2. The highest BCUT2D eigenvalue weighted by Gasteiger charge is 2.28. The van der Waals surface area contributed by atoms with E-state index in [1.165, 1.54) is 6.07 Å². The van der Waals surface area contributed by atoms with E-state index in [9.17, 15) is 9.90 Å². The Kier molecular flexibility index (Phi) is 3.57. The van der Waals surface area contributed by atoms with Crippen molar-refractivity contribution in [2.75, 3.05) is 13.2 Å². The number of benzene rings is 1. The van der Waals surface area contributed by atoms with Gasteiger partial charge in [-0.2, -0.15) is 0 Å². The highest BCUT2D eigenvalue weighted by atomic mass is 16.5. The third-order valence-corrected chi connectivity index (χ3v) is 3.32. The molecular weight excluding hydrogens is 230 g/mol. The molecule has 2 rings (SSSR count). The van der Waals surface area contributed by atoms with Crippen LogP contribution >= 0.6 is 0 Å². The summed E-state index contributed by atoms with van der Waals surface area (Å²) in [5.41, 5.74) is 1.30. The molecule has 0 radical (unpaired) electrons. The van der Waals surface area contributed by atoms with Crippen molar-refractivity contribution in [1.82, 2.24) is 4.90 Å². The average molecular weight is 249 g/mol. The first-order valence-electron chi connectivity index (χ1n) is 6.21. The van der Waals surface area contributed by atoms with Crippen LogP contribution in [0.4, 0.5) is 0 Å². The highest BCUT2D eigenvalue weighted by molar-refractivity contribution is 5.95. The third kappa shape index (κ3) is 2.48. The van der Waals surface area contributed by atoms with Gasteiger partial charge in [-0.05, 0) is 38.5 Å². The van der Waals surface area contributed by atoms with Crippen molar-refractivity contribution in [2.45, 2.75) is 32.9 Å². The number of phenolic OH excluding ortho intramolecular Hbond substituents is 1. The number of nitrogens with zero attached hydrogens (tertiary/aromatic N) is 1. The van der Waals surface area contributed by atoms with Crippen molar-refractivity contribution >= 4 is 5.91 Å². The van der Waals surface area contributed by atoms with Crippen LogP contribution in [0.1, 0.15) is 29.8 Å². The van der Waals surface area contributed by atoms with Crippen LogP contribution in [0.2, 0.25) is 0 Å².